The summed E-state index contributed by atoms with van der Waals surface area (Å²) >= 11 is 0. The molecule has 2 N–H and O–H groups in total. The van der Waals surface area contributed by atoms with Gasteiger partial charge in [0.25, 0.3) is 0 Å². The fourth-order valence-corrected chi connectivity index (χ4v) is 1.98. The summed E-state index contributed by atoms with van der Waals surface area (Å²) in [5.74, 6) is -0.00527. The van der Waals surface area contributed by atoms with E-state index in [1.54, 1.807) is 6.08 Å². The average Bonchev–Trinajstić information content (AvgIpc) is 2.47. The minimum Gasteiger partial charge on any atom is -0.396 e. The molecule has 20 heavy (non-hydrogen) atoms. The molecule has 0 heterocycles. The van der Waals surface area contributed by atoms with Crippen LogP contribution in [0.15, 0.2) is 12.2 Å². The highest BCUT2D eigenvalue weighted by atomic mass is 16.2. The number of allylic oxidation sites excluding steroid dienone is 1. The molecule has 0 saturated heterocycles. The van der Waals surface area contributed by atoms with Gasteiger partial charge < -0.3 is 10.4 Å². The summed E-state index contributed by atoms with van der Waals surface area (Å²) in [6, 6.07) is 0. The Morgan fingerprint density at radius 1 is 1.10 bits per heavy atom. The lowest BCUT2D eigenvalue weighted by atomic mass is 10.1. The van der Waals surface area contributed by atoms with Crippen molar-refractivity contribution in [1.82, 2.24) is 10.2 Å². The van der Waals surface area contributed by atoms with Gasteiger partial charge in [0.2, 0.25) is 5.91 Å². The Bertz CT molecular complexity index is 255. The number of hydrogen-bond donors (Lipinski definition) is 2. The third-order valence-corrected chi connectivity index (χ3v) is 3.31. The fraction of sp³-hybridized carbons (Fsp3) is 0.812. The highest BCUT2D eigenvalue weighted by molar-refractivity contribution is 5.87. The lowest BCUT2D eigenvalue weighted by molar-refractivity contribution is -0.117. The van der Waals surface area contributed by atoms with E-state index in [0.717, 1.165) is 32.4 Å². The SMILES string of the molecule is CC/C=C/C(=O)NCN(CC)CCCCCCCCO. The van der Waals surface area contributed by atoms with Crippen LogP contribution in [0.5, 0.6) is 0 Å². The molecule has 0 aliphatic rings. The number of hydrogen-bond acceptors (Lipinski definition) is 3. The van der Waals surface area contributed by atoms with Crippen molar-refractivity contribution in [1.29, 1.82) is 0 Å². The number of nitrogens with zero attached hydrogens (tertiary/aromatic N) is 1. The van der Waals surface area contributed by atoms with Crippen molar-refractivity contribution >= 4 is 5.91 Å². The van der Waals surface area contributed by atoms with E-state index >= 15 is 0 Å². The number of carbonyl (C=O) groups is 1. The molecule has 0 fully saturated rings. The fourth-order valence-electron chi connectivity index (χ4n) is 1.98. The molecule has 4 nitrogen and oxygen atoms in total. The Morgan fingerprint density at radius 2 is 1.75 bits per heavy atom. The minimum atomic E-state index is -0.00527. The van der Waals surface area contributed by atoms with Gasteiger partial charge in [0, 0.05) is 6.61 Å². The van der Waals surface area contributed by atoms with Gasteiger partial charge in [0.15, 0.2) is 0 Å². The maximum Gasteiger partial charge on any atom is 0.244 e. The molecule has 4 heteroatoms. The normalized spacial score (nSPS) is 11.4. The van der Waals surface area contributed by atoms with Gasteiger partial charge in [-0.2, -0.15) is 0 Å². The lowest BCUT2D eigenvalue weighted by Crippen LogP contribution is -2.37. The highest BCUT2D eigenvalue weighted by Crippen LogP contribution is 2.05. The van der Waals surface area contributed by atoms with Crippen LogP contribution in [-0.2, 0) is 4.79 Å². The van der Waals surface area contributed by atoms with E-state index in [9.17, 15) is 4.79 Å². The zero-order valence-corrected chi connectivity index (χ0v) is 13.2. The molecular formula is C16H32N2O2. The smallest absolute Gasteiger partial charge is 0.244 e. The monoisotopic (exact) mass is 284 g/mol. The summed E-state index contributed by atoms with van der Waals surface area (Å²) in [6.07, 6.45) is 11.3. The number of amides is 1. The summed E-state index contributed by atoms with van der Waals surface area (Å²) in [5.41, 5.74) is 0. The summed E-state index contributed by atoms with van der Waals surface area (Å²) in [5, 5.41) is 11.6. The van der Waals surface area contributed by atoms with Gasteiger partial charge in [-0.1, -0.05) is 45.6 Å². The van der Waals surface area contributed by atoms with Crippen LogP contribution in [0.1, 0.15) is 58.8 Å². The van der Waals surface area contributed by atoms with E-state index < -0.39 is 0 Å². The molecule has 0 aliphatic carbocycles. The number of carbonyl (C=O) groups excluding carboxylic acids is 1. The molecule has 0 aromatic carbocycles. The number of rotatable bonds is 13. The summed E-state index contributed by atoms with van der Waals surface area (Å²) < 4.78 is 0. The van der Waals surface area contributed by atoms with Crippen LogP contribution in [0.3, 0.4) is 0 Å². The Hall–Kier alpha value is -0.870. The second-order valence-corrected chi connectivity index (χ2v) is 5.07. The quantitative estimate of drug-likeness (QED) is 0.310. The maximum absolute atomic E-state index is 11.5. The van der Waals surface area contributed by atoms with E-state index in [0.29, 0.717) is 13.3 Å². The predicted octanol–water partition coefficient (Wildman–Crippen LogP) is 2.68. The molecule has 0 aromatic rings. The Morgan fingerprint density at radius 3 is 2.35 bits per heavy atom. The Labute approximate surface area is 124 Å². The topological polar surface area (TPSA) is 52.6 Å². The van der Waals surface area contributed by atoms with Crippen molar-refractivity contribution in [3.8, 4) is 0 Å². The third kappa shape index (κ3) is 12.2. The largest absolute Gasteiger partial charge is 0.396 e. The average molecular weight is 284 g/mol. The van der Waals surface area contributed by atoms with Crippen LogP contribution in [0.2, 0.25) is 0 Å². The standard InChI is InChI=1S/C16H32N2O2/c1-3-5-12-16(20)17-15-18(4-2)13-10-8-6-7-9-11-14-19/h5,12,19H,3-4,6-11,13-15H2,1-2H3,(H,17,20)/b12-5+. The first-order chi connectivity index (χ1) is 9.74. The molecule has 0 unspecified atom stereocenters. The zero-order valence-electron chi connectivity index (χ0n) is 13.2. The van der Waals surface area contributed by atoms with Gasteiger partial charge in [-0.15, -0.1) is 0 Å². The second-order valence-electron chi connectivity index (χ2n) is 5.07. The predicted molar refractivity (Wildman–Crippen MR) is 84.5 cm³/mol. The first-order valence-corrected chi connectivity index (χ1v) is 8.02. The van der Waals surface area contributed by atoms with Gasteiger partial charge in [-0.3, -0.25) is 9.69 Å². The molecule has 1 amide bonds. The summed E-state index contributed by atoms with van der Waals surface area (Å²) in [6.45, 7) is 7.08. The van der Waals surface area contributed by atoms with Crippen molar-refractivity contribution in [2.24, 2.45) is 0 Å². The lowest BCUT2D eigenvalue weighted by Gasteiger charge is -2.20. The zero-order chi connectivity index (χ0) is 15.1. The maximum atomic E-state index is 11.5. The molecule has 0 atom stereocenters. The van der Waals surface area contributed by atoms with E-state index in [1.807, 2.05) is 13.0 Å². The first-order valence-electron chi connectivity index (χ1n) is 8.02. The van der Waals surface area contributed by atoms with Gasteiger partial charge >= 0.3 is 0 Å². The molecule has 0 aromatic heterocycles. The Kier molecular flexibility index (Phi) is 13.9. The number of aliphatic hydroxyl groups is 1. The third-order valence-electron chi connectivity index (χ3n) is 3.31. The molecule has 0 spiro atoms. The van der Waals surface area contributed by atoms with Crippen molar-refractivity contribution in [2.45, 2.75) is 58.8 Å². The van der Waals surface area contributed by atoms with Crippen molar-refractivity contribution in [3.63, 3.8) is 0 Å². The molecule has 0 aliphatic heterocycles. The van der Waals surface area contributed by atoms with E-state index in [-0.39, 0.29) is 5.91 Å². The molecule has 0 bridgehead atoms. The summed E-state index contributed by atoms with van der Waals surface area (Å²) in [7, 11) is 0. The van der Waals surface area contributed by atoms with Crippen LogP contribution in [0, 0.1) is 0 Å². The minimum absolute atomic E-state index is 0.00527. The van der Waals surface area contributed by atoms with E-state index in [1.165, 1.54) is 25.7 Å². The number of aliphatic hydroxyl groups excluding tert-OH is 1. The van der Waals surface area contributed by atoms with Crippen LogP contribution in [-0.4, -0.2) is 42.3 Å². The van der Waals surface area contributed by atoms with E-state index in [2.05, 4.69) is 17.1 Å². The van der Waals surface area contributed by atoms with Crippen LogP contribution in [0.25, 0.3) is 0 Å². The van der Waals surface area contributed by atoms with Crippen LogP contribution < -0.4 is 5.32 Å². The molecule has 0 rings (SSSR count). The molecule has 118 valence electrons. The Balaban J connectivity index is 3.56. The number of unbranched alkanes of at least 4 members (excludes halogenated alkanes) is 5. The highest BCUT2D eigenvalue weighted by Gasteiger charge is 2.03. The molecule has 0 radical (unpaired) electrons. The van der Waals surface area contributed by atoms with Crippen molar-refractivity contribution < 1.29 is 9.90 Å². The van der Waals surface area contributed by atoms with Gasteiger partial charge in [-0.25, -0.2) is 0 Å². The van der Waals surface area contributed by atoms with E-state index in [4.69, 9.17) is 5.11 Å². The van der Waals surface area contributed by atoms with Gasteiger partial charge in [0.1, 0.15) is 0 Å². The van der Waals surface area contributed by atoms with Crippen LogP contribution in [0.4, 0.5) is 0 Å². The number of nitrogens with one attached hydrogen (secondary N) is 1. The van der Waals surface area contributed by atoms with Crippen molar-refractivity contribution in [2.75, 3.05) is 26.4 Å². The van der Waals surface area contributed by atoms with Crippen LogP contribution >= 0.6 is 0 Å². The molecular weight excluding hydrogens is 252 g/mol. The van der Waals surface area contributed by atoms with Crippen molar-refractivity contribution in [3.05, 3.63) is 12.2 Å². The summed E-state index contributed by atoms with van der Waals surface area (Å²) in [4.78, 5) is 13.7. The second kappa shape index (κ2) is 14.5. The molecule has 0 saturated carbocycles. The van der Waals surface area contributed by atoms with Gasteiger partial charge in [0.05, 0.1) is 6.67 Å². The van der Waals surface area contributed by atoms with Gasteiger partial charge in [-0.05, 0) is 38.4 Å². The first kappa shape index (κ1) is 19.1.